The van der Waals surface area contributed by atoms with Crippen molar-refractivity contribution in [1.82, 2.24) is 0 Å². The minimum Gasteiger partial charge on any atom is -0.508 e. The first-order chi connectivity index (χ1) is 16.5. The summed E-state index contributed by atoms with van der Waals surface area (Å²) in [5.74, 6) is -0.882. The van der Waals surface area contributed by atoms with Gasteiger partial charge in [0.1, 0.15) is 11.5 Å². The van der Waals surface area contributed by atoms with Crippen LogP contribution in [0.1, 0.15) is 24.5 Å². The normalized spacial score (nSPS) is 11.2. The molecule has 0 bridgehead atoms. The van der Waals surface area contributed by atoms with E-state index in [1.165, 1.54) is 36.4 Å². The van der Waals surface area contributed by atoms with Gasteiger partial charge in [0.15, 0.2) is 5.75 Å². The minimum atomic E-state index is -3.80. The predicted octanol–water partition coefficient (Wildman–Crippen LogP) is 5.33. The Kier molecular flexibility index (Phi) is 8.39. The maximum Gasteiger partial charge on any atom is 0.296 e. The van der Waals surface area contributed by atoms with E-state index in [2.05, 4.69) is 9.50 Å². The van der Waals surface area contributed by atoms with Gasteiger partial charge in [0.25, 0.3) is 16.0 Å². The van der Waals surface area contributed by atoms with E-state index in [0.29, 0.717) is 11.3 Å². The number of phenolic OH excluding ortho intramolecular Hbond substituents is 1. The largest absolute Gasteiger partial charge is 0.508 e. The summed E-state index contributed by atoms with van der Waals surface area (Å²) in [5.41, 5.74) is 1.49. The zero-order valence-corrected chi connectivity index (χ0v) is 21.0. The van der Waals surface area contributed by atoms with Gasteiger partial charge in [-0.25, -0.2) is 0 Å². The molecule has 8 nitrogen and oxygen atoms in total. The van der Waals surface area contributed by atoms with E-state index in [0.717, 1.165) is 12.7 Å². The molecule has 35 heavy (non-hydrogen) atoms. The number of carbonyl (C=O) groups is 2. The minimum absolute atomic E-state index is 0.0155. The lowest BCUT2D eigenvalue weighted by molar-refractivity contribution is -0.134. The summed E-state index contributed by atoms with van der Waals surface area (Å²) in [7, 11) is -2.71. The Labute approximate surface area is 212 Å². The summed E-state index contributed by atoms with van der Waals surface area (Å²) < 4.78 is 33.9. The molecule has 0 fully saturated rings. The van der Waals surface area contributed by atoms with Crippen LogP contribution in [0.4, 0.5) is 5.69 Å². The first kappa shape index (κ1) is 26.5. The standard InChI is InChI=1S/C24H21Cl2NO7S/c1-3-21(28)24(30)27-16-12-19(25)23(20(26)13-16)34-17-6-9-22(29)15(11-17)10-14-4-7-18(8-5-14)35(31,32)33-2/h4-9,11-13,29H,3,10H2,1-2H3,(H,27,30). The lowest BCUT2D eigenvalue weighted by atomic mass is 10.0. The monoisotopic (exact) mass is 537 g/mol. The second kappa shape index (κ2) is 11.1. The van der Waals surface area contributed by atoms with Crippen LogP contribution in [0.15, 0.2) is 59.5 Å². The van der Waals surface area contributed by atoms with Crippen LogP contribution in [-0.2, 0) is 30.3 Å². The van der Waals surface area contributed by atoms with Gasteiger partial charge < -0.3 is 15.2 Å². The number of rotatable bonds is 9. The van der Waals surface area contributed by atoms with E-state index < -0.39 is 21.8 Å². The van der Waals surface area contributed by atoms with Gasteiger partial charge in [-0.2, -0.15) is 8.42 Å². The van der Waals surface area contributed by atoms with Crippen molar-refractivity contribution in [3.05, 3.63) is 75.8 Å². The third-order valence-corrected chi connectivity index (χ3v) is 6.78. The lowest BCUT2D eigenvalue weighted by Gasteiger charge is -2.14. The number of nitrogens with one attached hydrogen (secondary N) is 1. The van der Waals surface area contributed by atoms with Crippen molar-refractivity contribution in [1.29, 1.82) is 0 Å². The van der Waals surface area contributed by atoms with Gasteiger partial charge >= 0.3 is 0 Å². The molecule has 3 aromatic carbocycles. The van der Waals surface area contributed by atoms with E-state index in [1.807, 2.05) is 0 Å². The SMILES string of the molecule is CCC(=O)C(=O)Nc1cc(Cl)c(Oc2ccc(O)c(Cc3ccc(S(=O)(=O)OC)cc3)c2)c(Cl)c1. The molecule has 3 aromatic rings. The number of hydrogen-bond acceptors (Lipinski definition) is 7. The maximum atomic E-state index is 11.8. The van der Waals surface area contributed by atoms with Crippen LogP contribution in [0, 0.1) is 0 Å². The Balaban J connectivity index is 1.80. The van der Waals surface area contributed by atoms with Gasteiger partial charge in [-0.1, -0.05) is 42.3 Å². The first-order valence-corrected chi connectivity index (χ1v) is 12.4. The van der Waals surface area contributed by atoms with Crippen LogP contribution in [0.25, 0.3) is 0 Å². The quantitative estimate of drug-likeness (QED) is 0.279. The molecule has 0 aliphatic carbocycles. The highest BCUT2D eigenvalue weighted by Gasteiger charge is 2.17. The number of anilines is 1. The van der Waals surface area contributed by atoms with E-state index in [1.54, 1.807) is 25.1 Å². The summed E-state index contributed by atoms with van der Waals surface area (Å²) in [6.07, 6.45) is 0.350. The van der Waals surface area contributed by atoms with Gasteiger partial charge in [0, 0.05) is 24.1 Å². The zero-order valence-electron chi connectivity index (χ0n) is 18.7. The highest BCUT2D eigenvalue weighted by molar-refractivity contribution is 7.86. The van der Waals surface area contributed by atoms with Crippen molar-refractivity contribution >= 4 is 50.7 Å². The van der Waals surface area contributed by atoms with Crippen LogP contribution >= 0.6 is 23.2 Å². The lowest BCUT2D eigenvalue weighted by Crippen LogP contribution is -2.21. The molecule has 2 N–H and O–H groups in total. The van der Waals surface area contributed by atoms with Crippen LogP contribution in [0.3, 0.4) is 0 Å². The number of carbonyl (C=O) groups excluding carboxylic acids is 2. The van der Waals surface area contributed by atoms with Crippen molar-refractivity contribution < 1.29 is 32.0 Å². The molecule has 0 spiro atoms. The zero-order chi connectivity index (χ0) is 25.8. The van der Waals surface area contributed by atoms with Gasteiger partial charge in [0.2, 0.25) is 5.78 Å². The fourth-order valence-electron chi connectivity index (χ4n) is 3.07. The fraction of sp³-hybridized carbons (Fsp3) is 0.167. The molecule has 0 aromatic heterocycles. The summed E-state index contributed by atoms with van der Waals surface area (Å²) in [4.78, 5) is 23.3. The number of hydrogen-bond donors (Lipinski definition) is 2. The number of benzene rings is 3. The molecule has 0 aliphatic rings. The molecule has 184 valence electrons. The van der Waals surface area contributed by atoms with Gasteiger partial charge in [0.05, 0.1) is 22.1 Å². The van der Waals surface area contributed by atoms with Crippen LogP contribution in [-0.4, -0.2) is 32.3 Å². The number of halogens is 2. The Morgan fingerprint density at radius 1 is 1.00 bits per heavy atom. The average molecular weight is 538 g/mol. The third kappa shape index (κ3) is 6.52. The average Bonchev–Trinajstić information content (AvgIpc) is 2.83. The molecular weight excluding hydrogens is 517 g/mol. The highest BCUT2D eigenvalue weighted by Crippen LogP contribution is 2.40. The Morgan fingerprint density at radius 3 is 2.20 bits per heavy atom. The molecule has 1 amide bonds. The fourth-order valence-corrected chi connectivity index (χ4v) is 4.29. The van der Waals surface area contributed by atoms with Gasteiger partial charge in [-0.05, 0) is 48.0 Å². The van der Waals surface area contributed by atoms with Gasteiger partial charge in [-0.15, -0.1) is 0 Å². The Bertz CT molecular complexity index is 1350. The Morgan fingerprint density at radius 2 is 1.63 bits per heavy atom. The van der Waals surface area contributed by atoms with E-state index in [-0.39, 0.29) is 45.0 Å². The predicted molar refractivity (Wildman–Crippen MR) is 132 cm³/mol. The van der Waals surface area contributed by atoms with Crippen molar-refractivity contribution in [2.45, 2.75) is 24.7 Å². The topological polar surface area (TPSA) is 119 Å². The molecule has 0 heterocycles. The molecule has 0 unspecified atom stereocenters. The summed E-state index contributed by atoms with van der Waals surface area (Å²) in [6, 6.07) is 13.4. The van der Waals surface area contributed by atoms with Crippen LogP contribution in [0.5, 0.6) is 17.2 Å². The number of Topliss-reactive ketones (excluding diaryl/α,β-unsaturated/α-hetero) is 1. The van der Waals surface area contributed by atoms with E-state index in [9.17, 15) is 23.1 Å². The molecule has 0 aliphatic heterocycles. The summed E-state index contributed by atoms with van der Waals surface area (Å²) in [5, 5.41) is 12.9. The van der Waals surface area contributed by atoms with Crippen LogP contribution in [0.2, 0.25) is 10.0 Å². The number of ketones is 1. The van der Waals surface area contributed by atoms with E-state index in [4.69, 9.17) is 27.9 Å². The number of phenols is 1. The summed E-state index contributed by atoms with van der Waals surface area (Å²) in [6.45, 7) is 1.57. The molecule has 0 radical (unpaired) electrons. The smallest absolute Gasteiger partial charge is 0.296 e. The second-order valence-corrected chi connectivity index (χ2v) is 9.86. The highest BCUT2D eigenvalue weighted by atomic mass is 35.5. The third-order valence-electron chi connectivity index (χ3n) is 4.93. The van der Waals surface area contributed by atoms with Crippen molar-refractivity contribution in [3.8, 4) is 17.2 Å². The molecule has 0 saturated heterocycles. The second-order valence-electron chi connectivity index (χ2n) is 7.33. The molecule has 0 saturated carbocycles. The van der Waals surface area contributed by atoms with Crippen molar-refractivity contribution in [2.75, 3.05) is 12.4 Å². The molecule has 11 heteroatoms. The molecule has 0 atom stereocenters. The van der Waals surface area contributed by atoms with Gasteiger partial charge in [-0.3, -0.25) is 13.8 Å². The van der Waals surface area contributed by atoms with Crippen LogP contribution < -0.4 is 10.1 Å². The van der Waals surface area contributed by atoms with Crippen molar-refractivity contribution in [2.24, 2.45) is 0 Å². The first-order valence-electron chi connectivity index (χ1n) is 10.3. The summed E-state index contributed by atoms with van der Waals surface area (Å²) >= 11 is 12.6. The number of amides is 1. The maximum absolute atomic E-state index is 11.8. The number of aromatic hydroxyl groups is 1. The Hall–Kier alpha value is -3.11. The van der Waals surface area contributed by atoms with E-state index >= 15 is 0 Å². The molecular formula is C24H21Cl2NO7S. The number of ether oxygens (including phenoxy) is 1. The van der Waals surface area contributed by atoms with Crippen molar-refractivity contribution in [3.63, 3.8) is 0 Å². The molecule has 3 rings (SSSR count).